The number of ether oxygens (including phenoxy) is 2. The number of nitrogens with one attached hydrogen (secondary N) is 1. The highest BCUT2D eigenvalue weighted by Crippen LogP contribution is 2.36. The van der Waals surface area contributed by atoms with Crippen molar-refractivity contribution < 1.29 is 19.1 Å². The van der Waals surface area contributed by atoms with Gasteiger partial charge in [-0.2, -0.15) is 0 Å². The number of thiocarbonyl (C=S) groups is 1. The number of amides is 2. The Morgan fingerprint density at radius 1 is 1.03 bits per heavy atom. The third-order valence-corrected chi connectivity index (χ3v) is 6.33. The average molecular weight is 505 g/mol. The summed E-state index contributed by atoms with van der Waals surface area (Å²) in [5.74, 6) is 0.826. The van der Waals surface area contributed by atoms with Gasteiger partial charge in [0.1, 0.15) is 11.5 Å². The first-order valence-corrected chi connectivity index (χ1v) is 12.3. The number of rotatable bonds is 8. The fraction of sp³-hybridized carbons (Fsp3) is 0.148. The van der Waals surface area contributed by atoms with Crippen molar-refractivity contribution >= 4 is 57.6 Å². The molecule has 6 nitrogen and oxygen atoms in total. The van der Waals surface area contributed by atoms with E-state index in [1.165, 1.54) is 16.7 Å². The quantitative estimate of drug-likeness (QED) is 0.308. The Hall–Kier alpha value is -3.62. The van der Waals surface area contributed by atoms with Crippen LogP contribution in [0.3, 0.4) is 0 Å². The number of thioether (sulfide) groups is 1. The van der Waals surface area contributed by atoms with E-state index in [9.17, 15) is 9.59 Å². The van der Waals surface area contributed by atoms with Gasteiger partial charge in [0.2, 0.25) is 0 Å². The van der Waals surface area contributed by atoms with Gasteiger partial charge in [-0.15, -0.1) is 0 Å². The van der Waals surface area contributed by atoms with Crippen LogP contribution >= 0.6 is 24.0 Å². The topological polar surface area (TPSA) is 67.9 Å². The molecule has 1 heterocycles. The number of aryl methyl sites for hydroxylation is 1. The van der Waals surface area contributed by atoms with E-state index in [2.05, 4.69) is 5.32 Å². The van der Waals surface area contributed by atoms with Gasteiger partial charge in [0.25, 0.3) is 11.8 Å². The zero-order valence-corrected chi connectivity index (χ0v) is 20.9. The summed E-state index contributed by atoms with van der Waals surface area (Å²) in [5.41, 5.74) is 3.25. The summed E-state index contributed by atoms with van der Waals surface area (Å²) in [7, 11) is 0. The summed E-state index contributed by atoms with van der Waals surface area (Å²) < 4.78 is 11.6. The standard InChI is InChI=1S/C27H24N2O4S2/c1-3-32-22-12-10-21(11-13-22)29-26(31)24(35-27(29)34)16-19-7-5-9-23(15-19)33-17-25(30)28-20-8-4-6-18(2)14-20/h4-16H,3,17H2,1-2H3,(H,28,30)/b24-16-. The van der Waals surface area contributed by atoms with Gasteiger partial charge in [-0.25, -0.2) is 0 Å². The maximum Gasteiger partial charge on any atom is 0.270 e. The van der Waals surface area contributed by atoms with Crippen LogP contribution in [-0.4, -0.2) is 29.3 Å². The Kier molecular flexibility index (Phi) is 7.84. The van der Waals surface area contributed by atoms with Crippen LogP contribution in [0.4, 0.5) is 11.4 Å². The second-order valence-electron chi connectivity index (χ2n) is 7.72. The summed E-state index contributed by atoms with van der Waals surface area (Å²) >= 11 is 6.71. The molecule has 0 saturated carbocycles. The highest BCUT2D eigenvalue weighted by Gasteiger charge is 2.33. The van der Waals surface area contributed by atoms with Crippen LogP contribution in [0.5, 0.6) is 11.5 Å². The molecule has 1 N–H and O–H groups in total. The Labute approximate surface area is 213 Å². The fourth-order valence-electron chi connectivity index (χ4n) is 3.46. The number of carbonyl (C=O) groups excluding carboxylic acids is 2. The van der Waals surface area contributed by atoms with Crippen LogP contribution in [0.25, 0.3) is 6.08 Å². The average Bonchev–Trinajstić information content (AvgIpc) is 3.11. The van der Waals surface area contributed by atoms with E-state index >= 15 is 0 Å². The van der Waals surface area contributed by atoms with E-state index in [1.54, 1.807) is 18.2 Å². The molecule has 1 aliphatic rings. The molecule has 2 amide bonds. The van der Waals surface area contributed by atoms with Crippen LogP contribution in [0, 0.1) is 6.92 Å². The molecule has 0 aromatic heterocycles. The first-order valence-electron chi connectivity index (χ1n) is 11.0. The summed E-state index contributed by atoms with van der Waals surface area (Å²) in [4.78, 5) is 27.3. The lowest BCUT2D eigenvalue weighted by molar-refractivity contribution is -0.118. The van der Waals surface area contributed by atoms with Crippen molar-refractivity contribution in [1.82, 2.24) is 0 Å². The molecular formula is C27H24N2O4S2. The van der Waals surface area contributed by atoms with Gasteiger partial charge in [0.05, 0.1) is 17.2 Å². The number of hydrogen-bond donors (Lipinski definition) is 1. The van der Waals surface area contributed by atoms with E-state index in [-0.39, 0.29) is 18.4 Å². The minimum absolute atomic E-state index is 0.128. The minimum Gasteiger partial charge on any atom is -0.494 e. The zero-order chi connectivity index (χ0) is 24.8. The molecule has 0 aliphatic carbocycles. The molecule has 3 aromatic rings. The fourth-order valence-corrected chi connectivity index (χ4v) is 4.76. The molecule has 1 aliphatic heterocycles. The molecule has 1 fully saturated rings. The SMILES string of the molecule is CCOc1ccc(N2C(=O)/C(=C/c3cccc(OCC(=O)Nc4cccc(C)c4)c3)SC2=S)cc1. The summed E-state index contributed by atoms with van der Waals surface area (Å²) in [6.07, 6.45) is 1.77. The lowest BCUT2D eigenvalue weighted by Crippen LogP contribution is -2.27. The van der Waals surface area contributed by atoms with Crippen molar-refractivity contribution in [3.8, 4) is 11.5 Å². The normalized spacial score (nSPS) is 14.3. The molecule has 35 heavy (non-hydrogen) atoms. The third-order valence-electron chi connectivity index (χ3n) is 5.03. The lowest BCUT2D eigenvalue weighted by atomic mass is 10.2. The van der Waals surface area contributed by atoms with Crippen molar-refractivity contribution in [3.63, 3.8) is 0 Å². The van der Waals surface area contributed by atoms with Crippen molar-refractivity contribution in [2.75, 3.05) is 23.4 Å². The molecule has 4 rings (SSSR count). The first-order chi connectivity index (χ1) is 16.9. The molecule has 3 aromatic carbocycles. The largest absolute Gasteiger partial charge is 0.494 e. The lowest BCUT2D eigenvalue weighted by Gasteiger charge is -2.15. The molecule has 178 valence electrons. The molecule has 0 unspecified atom stereocenters. The predicted molar refractivity (Wildman–Crippen MR) is 145 cm³/mol. The number of nitrogens with zero attached hydrogens (tertiary/aromatic N) is 1. The zero-order valence-electron chi connectivity index (χ0n) is 19.3. The van der Waals surface area contributed by atoms with Gasteiger partial charge in [0, 0.05) is 5.69 Å². The second-order valence-corrected chi connectivity index (χ2v) is 9.40. The Morgan fingerprint density at radius 2 is 1.80 bits per heavy atom. The van der Waals surface area contributed by atoms with Crippen molar-refractivity contribution in [2.24, 2.45) is 0 Å². The van der Waals surface area contributed by atoms with E-state index in [1.807, 2.05) is 74.5 Å². The summed E-state index contributed by atoms with van der Waals surface area (Å²) in [6.45, 7) is 4.32. The number of anilines is 2. The number of hydrogen-bond acceptors (Lipinski definition) is 6. The minimum atomic E-state index is -0.253. The van der Waals surface area contributed by atoms with Gasteiger partial charge in [-0.05, 0) is 79.6 Å². The third kappa shape index (κ3) is 6.29. The van der Waals surface area contributed by atoms with Gasteiger partial charge in [-0.3, -0.25) is 14.5 Å². The monoisotopic (exact) mass is 504 g/mol. The number of benzene rings is 3. The van der Waals surface area contributed by atoms with Gasteiger partial charge >= 0.3 is 0 Å². The molecule has 0 atom stereocenters. The van der Waals surface area contributed by atoms with Gasteiger partial charge in [0.15, 0.2) is 10.9 Å². The molecule has 1 saturated heterocycles. The molecule has 0 bridgehead atoms. The second kappa shape index (κ2) is 11.2. The summed E-state index contributed by atoms with van der Waals surface area (Å²) in [5, 5.41) is 2.82. The van der Waals surface area contributed by atoms with Crippen LogP contribution in [-0.2, 0) is 9.59 Å². The van der Waals surface area contributed by atoms with Crippen molar-refractivity contribution in [1.29, 1.82) is 0 Å². The molecular weight excluding hydrogens is 480 g/mol. The maximum atomic E-state index is 13.1. The molecule has 0 spiro atoms. The number of carbonyl (C=O) groups is 2. The van der Waals surface area contributed by atoms with Crippen LogP contribution < -0.4 is 19.7 Å². The first kappa shape index (κ1) is 24.5. The van der Waals surface area contributed by atoms with Crippen LogP contribution in [0.15, 0.2) is 77.7 Å². The highest BCUT2D eigenvalue weighted by atomic mass is 32.2. The predicted octanol–water partition coefficient (Wildman–Crippen LogP) is 5.82. The molecule has 0 radical (unpaired) electrons. The van der Waals surface area contributed by atoms with Crippen molar-refractivity contribution in [2.45, 2.75) is 13.8 Å². The van der Waals surface area contributed by atoms with Gasteiger partial charge < -0.3 is 14.8 Å². The van der Waals surface area contributed by atoms with Gasteiger partial charge in [-0.1, -0.05) is 48.2 Å². The van der Waals surface area contributed by atoms with Crippen LogP contribution in [0.2, 0.25) is 0 Å². The smallest absolute Gasteiger partial charge is 0.270 e. The van der Waals surface area contributed by atoms with Crippen LogP contribution in [0.1, 0.15) is 18.1 Å². The summed E-state index contributed by atoms with van der Waals surface area (Å²) in [6, 6.07) is 22.0. The highest BCUT2D eigenvalue weighted by molar-refractivity contribution is 8.27. The maximum absolute atomic E-state index is 13.1. The van der Waals surface area contributed by atoms with Crippen molar-refractivity contribution in [3.05, 3.63) is 88.8 Å². The van der Waals surface area contributed by atoms with E-state index in [4.69, 9.17) is 21.7 Å². The Morgan fingerprint density at radius 3 is 2.54 bits per heavy atom. The Bertz CT molecular complexity index is 1290. The van der Waals surface area contributed by atoms with E-state index in [0.29, 0.717) is 27.3 Å². The van der Waals surface area contributed by atoms with E-state index < -0.39 is 0 Å². The molecule has 8 heteroatoms. The Balaban J connectivity index is 1.41. The van der Waals surface area contributed by atoms with E-state index in [0.717, 1.165) is 22.6 Å².